The lowest BCUT2D eigenvalue weighted by molar-refractivity contribution is -0.143. The smallest absolute Gasteiger partial charge is 0.274 e. The Morgan fingerprint density at radius 3 is 2.08 bits per heavy atom. The van der Waals surface area contributed by atoms with Crippen LogP contribution in [-0.2, 0) is 16.0 Å². The molecule has 0 aliphatic carbocycles. The van der Waals surface area contributed by atoms with Crippen molar-refractivity contribution in [2.45, 2.75) is 19.0 Å². The molecule has 0 N–H and O–H groups in total. The summed E-state index contributed by atoms with van der Waals surface area (Å²) in [5.74, 6) is -1.20. The lowest BCUT2D eigenvalue weighted by atomic mass is 10.1. The van der Waals surface area contributed by atoms with Crippen molar-refractivity contribution in [2.24, 2.45) is 0 Å². The molecule has 1 aliphatic rings. The van der Waals surface area contributed by atoms with Gasteiger partial charge in [-0.05, 0) is 17.5 Å². The first-order valence-corrected chi connectivity index (χ1v) is 8.44. The summed E-state index contributed by atoms with van der Waals surface area (Å²) in [5.41, 5.74) is 1.37. The van der Waals surface area contributed by atoms with Gasteiger partial charge < -0.3 is 0 Å². The van der Waals surface area contributed by atoms with Crippen molar-refractivity contribution < 1.29 is 18.8 Å². The van der Waals surface area contributed by atoms with Crippen LogP contribution in [0.25, 0.3) is 0 Å². The molecule has 0 aromatic heterocycles. The van der Waals surface area contributed by atoms with E-state index in [-0.39, 0.29) is 6.54 Å². The van der Waals surface area contributed by atoms with Gasteiger partial charge in [-0.2, -0.15) is 0 Å². The zero-order chi connectivity index (χ0) is 18.5. The van der Waals surface area contributed by atoms with Gasteiger partial charge in [-0.25, -0.2) is 9.18 Å². The fraction of sp³-hybridized carbons (Fsp3) is 0.250. The first-order valence-electron chi connectivity index (χ1n) is 8.44. The number of benzene rings is 2. The second-order valence-electron chi connectivity index (χ2n) is 6.12. The zero-order valence-electron chi connectivity index (χ0n) is 14.2. The second kappa shape index (κ2) is 7.91. The number of imide groups is 2. The standard InChI is InChI=1S/C20H19FN2O3/c21-17(16-9-5-2-6-10-16)14-23-19(25)13-18(24)22(20(23)26)12-11-15-7-3-1-4-8-15/h1-10,17H,11-14H2. The number of hydrogen-bond donors (Lipinski definition) is 0. The number of alkyl halides is 1. The summed E-state index contributed by atoms with van der Waals surface area (Å²) in [4.78, 5) is 38.6. The summed E-state index contributed by atoms with van der Waals surface area (Å²) in [6.07, 6.45) is -1.42. The van der Waals surface area contributed by atoms with Crippen molar-refractivity contribution in [1.29, 1.82) is 0 Å². The molecule has 0 saturated carbocycles. The van der Waals surface area contributed by atoms with Crippen molar-refractivity contribution in [2.75, 3.05) is 13.1 Å². The maximum Gasteiger partial charge on any atom is 0.333 e. The van der Waals surface area contributed by atoms with Gasteiger partial charge in [-0.15, -0.1) is 0 Å². The summed E-state index contributed by atoms with van der Waals surface area (Å²) in [5, 5.41) is 0. The quantitative estimate of drug-likeness (QED) is 0.749. The van der Waals surface area contributed by atoms with Gasteiger partial charge in [0.1, 0.15) is 12.6 Å². The molecule has 6 heteroatoms. The van der Waals surface area contributed by atoms with Crippen LogP contribution < -0.4 is 0 Å². The van der Waals surface area contributed by atoms with E-state index in [0.717, 1.165) is 15.4 Å². The van der Waals surface area contributed by atoms with Crippen LogP contribution in [0.5, 0.6) is 0 Å². The van der Waals surface area contributed by atoms with E-state index < -0.39 is 37.0 Å². The number of urea groups is 1. The number of amides is 4. The minimum absolute atomic E-state index is 0.160. The molecule has 1 aliphatic heterocycles. The lowest BCUT2D eigenvalue weighted by Gasteiger charge is -2.33. The molecule has 1 heterocycles. The Morgan fingerprint density at radius 1 is 0.846 bits per heavy atom. The van der Waals surface area contributed by atoms with Crippen LogP contribution in [0.2, 0.25) is 0 Å². The van der Waals surface area contributed by atoms with Gasteiger partial charge in [0, 0.05) is 6.54 Å². The van der Waals surface area contributed by atoms with E-state index >= 15 is 0 Å². The molecule has 1 atom stereocenters. The molecule has 0 spiro atoms. The topological polar surface area (TPSA) is 57.7 Å². The largest absolute Gasteiger partial charge is 0.333 e. The Hall–Kier alpha value is -3.02. The molecule has 134 valence electrons. The first-order chi connectivity index (χ1) is 12.6. The number of hydrogen-bond acceptors (Lipinski definition) is 3. The highest BCUT2D eigenvalue weighted by atomic mass is 19.1. The highest BCUT2D eigenvalue weighted by molar-refractivity contribution is 6.14. The van der Waals surface area contributed by atoms with Crippen LogP contribution in [0.1, 0.15) is 23.7 Å². The maximum absolute atomic E-state index is 14.5. The molecular formula is C20H19FN2O3. The summed E-state index contributed by atoms with van der Waals surface area (Å²) in [6.45, 7) is -0.232. The number of carbonyl (C=O) groups excluding carboxylic acids is 3. The van der Waals surface area contributed by atoms with Crippen molar-refractivity contribution in [3.63, 3.8) is 0 Å². The molecule has 5 nitrogen and oxygen atoms in total. The predicted octanol–water partition coefficient (Wildman–Crippen LogP) is 3.12. The van der Waals surface area contributed by atoms with Gasteiger partial charge >= 0.3 is 6.03 Å². The van der Waals surface area contributed by atoms with Crippen molar-refractivity contribution in [3.8, 4) is 0 Å². The molecule has 3 rings (SSSR count). The van der Waals surface area contributed by atoms with Crippen LogP contribution in [0.15, 0.2) is 60.7 Å². The molecule has 1 fully saturated rings. The SMILES string of the molecule is O=C1CC(=O)N(CC(F)c2ccccc2)C(=O)N1CCc1ccccc1. The monoisotopic (exact) mass is 354 g/mol. The molecule has 0 radical (unpaired) electrons. The van der Waals surface area contributed by atoms with Crippen LogP contribution in [0.3, 0.4) is 0 Å². The van der Waals surface area contributed by atoms with Gasteiger partial charge in [0.05, 0.1) is 6.54 Å². The van der Waals surface area contributed by atoms with E-state index in [1.54, 1.807) is 30.3 Å². The van der Waals surface area contributed by atoms with Crippen molar-refractivity contribution >= 4 is 17.8 Å². The number of halogens is 1. The van der Waals surface area contributed by atoms with E-state index in [1.165, 1.54) is 0 Å². The molecular weight excluding hydrogens is 335 g/mol. The van der Waals surface area contributed by atoms with E-state index in [0.29, 0.717) is 12.0 Å². The third-order valence-electron chi connectivity index (χ3n) is 4.34. The fourth-order valence-electron chi connectivity index (χ4n) is 2.89. The Morgan fingerprint density at radius 2 is 1.42 bits per heavy atom. The normalized spacial score (nSPS) is 16.1. The first kappa shape index (κ1) is 17.8. The molecule has 2 aromatic rings. The summed E-state index contributed by atoms with van der Waals surface area (Å²) in [6, 6.07) is 17.0. The highest BCUT2D eigenvalue weighted by Crippen LogP contribution is 2.22. The summed E-state index contributed by atoms with van der Waals surface area (Å²) < 4.78 is 14.5. The number of nitrogens with zero attached hydrogens (tertiary/aromatic N) is 2. The van der Waals surface area contributed by atoms with E-state index in [1.807, 2.05) is 30.3 Å². The number of rotatable bonds is 6. The zero-order valence-corrected chi connectivity index (χ0v) is 14.2. The lowest BCUT2D eigenvalue weighted by Crippen LogP contribution is -2.56. The van der Waals surface area contributed by atoms with Crippen LogP contribution in [0.4, 0.5) is 9.18 Å². The van der Waals surface area contributed by atoms with E-state index in [2.05, 4.69) is 0 Å². The second-order valence-corrected chi connectivity index (χ2v) is 6.12. The van der Waals surface area contributed by atoms with Gasteiger partial charge in [0.25, 0.3) is 0 Å². The number of barbiturate groups is 1. The minimum Gasteiger partial charge on any atom is -0.274 e. The molecule has 1 unspecified atom stereocenters. The molecule has 1 saturated heterocycles. The fourth-order valence-corrected chi connectivity index (χ4v) is 2.89. The molecule has 4 amide bonds. The van der Waals surface area contributed by atoms with Crippen molar-refractivity contribution in [3.05, 3.63) is 71.8 Å². The molecule has 0 bridgehead atoms. The van der Waals surface area contributed by atoms with E-state index in [9.17, 15) is 18.8 Å². The Balaban J connectivity index is 1.69. The van der Waals surface area contributed by atoms with Crippen LogP contribution >= 0.6 is 0 Å². The summed E-state index contributed by atoms with van der Waals surface area (Å²) >= 11 is 0. The van der Waals surface area contributed by atoms with Crippen LogP contribution in [-0.4, -0.2) is 40.7 Å². The Labute approximate surface area is 151 Å². The summed E-state index contributed by atoms with van der Waals surface area (Å²) in [7, 11) is 0. The Kier molecular flexibility index (Phi) is 5.41. The average Bonchev–Trinajstić information content (AvgIpc) is 2.66. The van der Waals surface area contributed by atoms with E-state index in [4.69, 9.17) is 0 Å². The third-order valence-corrected chi connectivity index (χ3v) is 4.34. The van der Waals surface area contributed by atoms with Gasteiger partial charge in [-0.3, -0.25) is 19.4 Å². The molecule has 26 heavy (non-hydrogen) atoms. The van der Waals surface area contributed by atoms with Gasteiger partial charge in [0.15, 0.2) is 0 Å². The maximum atomic E-state index is 14.5. The van der Waals surface area contributed by atoms with Crippen LogP contribution in [0, 0.1) is 0 Å². The Bertz CT molecular complexity index is 795. The minimum atomic E-state index is -1.49. The average molecular weight is 354 g/mol. The molecule has 2 aromatic carbocycles. The number of carbonyl (C=O) groups is 3. The predicted molar refractivity (Wildman–Crippen MR) is 93.9 cm³/mol. The van der Waals surface area contributed by atoms with Gasteiger partial charge in [-0.1, -0.05) is 60.7 Å². The van der Waals surface area contributed by atoms with Crippen molar-refractivity contribution in [1.82, 2.24) is 9.80 Å². The highest BCUT2D eigenvalue weighted by Gasteiger charge is 2.38. The third kappa shape index (κ3) is 3.96. The van der Waals surface area contributed by atoms with Gasteiger partial charge in [0.2, 0.25) is 11.8 Å².